The number of thiophene rings is 1. The molecule has 108 valence electrons. The minimum atomic E-state index is 1.18. The van der Waals surface area contributed by atoms with Gasteiger partial charge in [0, 0.05) is 12.4 Å². The third-order valence-electron chi connectivity index (χ3n) is 2.54. The number of aromatic amines is 1. The molecule has 3 heteroatoms. The first-order valence-corrected chi connectivity index (χ1v) is 7.76. The minimum absolute atomic E-state index is 1.18. The van der Waals surface area contributed by atoms with E-state index >= 15 is 0 Å². The molecule has 0 atom stereocenters. The van der Waals surface area contributed by atoms with Crippen LogP contribution in [-0.2, 0) is 6.42 Å². The molecule has 3 heterocycles. The van der Waals surface area contributed by atoms with Crippen molar-refractivity contribution in [3.05, 3.63) is 70.6 Å². The Kier molecular flexibility index (Phi) is 8.24. The van der Waals surface area contributed by atoms with Gasteiger partial charge in [0.15, 0.2) is 0 Å². The van der Waals surface area contributed by atoms with Gasteiger partial charge in [-0.3, -0.25) is 0 Å². The number of H-pyrrole nitrogens is 1. The molecule has 3 aromatic heterocycles. The Labute approximate surface area is 125 Å². The van der Waals surface area contributed by atoms with Crippen LogP contribution >= 0.6 is 11.3 Å². The van der Waals surface area contributed by atoms with E-state index in [2.05, 4.69) is 35.7 Å². The van der Waals surface area contributed by atoms with E-state index in [1.807, 2.05) is 31.5 Å². The van der Waals surface area contributed by atoms with Crippen LogP contribution in [0.15, 0.2) is 58.3 Å². The van der Waals surface area contributed by atoms with Gasteiger partial charge < -0.3 is 9.40 Å². The maximum absolute atomic E-state index is 4.71. The molecular weight excluding hydrogens is 266 g/mol. The number of aryl methyl sites for hydroxylation is 3. The fourth-order valence-electron chi connectivity index (χ4n) is 1.46. The molecule has 1 N–H and O–H groups in total. The molecule has 0 aliphatic heterocycles. The maximum atomic E-state index is 4.71. The Morgan fingerprint density at radius 2 is 2.00 bits per heavy atom. The highest BCUT2D eigenvalue weighted by Crippen LogP contribution is 2.07. The lowest BCUT2D eigenvalue weighted by atomic mass is 10.2. The van der Waals surface area contributed by atoms with Crippen LogP contribution in [0.5, 0.6) is 0 Å². The first-order valence-electron chi connectivity index (χ1n) is 6.81. The van der Waals surface area contributed by atoms with Gasteiger partial charge >= 0.3 is 0 Å². The number of hydrogen-bond donors (Lipinski definition) is 1. The van der Waals surface area contributed by atoms with E-state index < -0.39 is 0 Å². The van der Waals surface area contributed by atoms with Crippen molar-refractivity contribution in [1.82, 2.24) is 4.98 Å². The second kappa shape index (κ2) is 10.1. The normalized spacial score (nSPS) is 9.15. The van der Waals surface area contributed by atoms with Crippen LogP contribution in [0.4, 0.5) is 0 Å². The second-order valence-electron chi connectivity index (χ2n) is 4.57. The van der Waals surface area contributed by atoms with E-state index in [4.69, 9.17) is 4.42 Å². The molecule has 0 unspecified atom stereocenters. The number of nitrogens with one attached hydrogen (secondary N) is 1. The highest BCUT2D eigenvalue weighted by molar-refractivity contribution is 7.07. The van der Waals surface area contributed by atoms with Gasteiger partial charge in [-0.1, -0.05) is 13.3 Å². The lowest BCUT2D eigenvalue weighted by molar-refractivity contribution is 0.565. The summed E-state index contributed by atoms with van der Waals surface area (Å²) >= 11 is 1.78. The molecule has 0 spiro atoms. The van der Waals surface area contributed by atoms with Gasteiger partial charge in [0.05, 0.1) is 12.5 Å². The van der Waals surface area contributed by atoms with Crippen LogP contribution in [0.1, 0.15) is 30.0 Å². The summed E-state index contributed by atoms with van der Waals surface area (Å²) < 4.78 is 4.71. The van der Waals surface area contributed by atoms with Crippen LogP contribution in [0.25, 0.3) is 0 Å². The molecule has 20 heavy (non-hydrogen) atoms. The van der Waals surface area contributed by atoms with Gasteiger partial charge in [0.25, 0.3) is 0 Å². The first-order chi connectivity index (χ1) is 9.72. The van der Waals surface area contributed by atoms with Crippen molar-refractivity contribution >= 4 is 11.3 Å². The van der Waals surface area contributed by atoms with Gasteiger partial charge in [0.2, 0.25) is 0 Å². The van der Waals surface area contributed by atoms with Crippen molar-refractivity contribution in [2.24, 2.45) is 0 Å². The van der Waals surface area contributed by atoms with Crippen molar-refractivity contribution < 1.29 is 4.42 Å². The van der Waals surface area contributed by atoms with Crippen LogP contribution in [0.2, 0.25) is 0 Å². The van der Waals surface area contributed by atoms with Crippen LogP contribution in [0, 0.1) is 13.8 Å². The molecule has 0 aliphatic rings. The zero-order valence-electron chi connectivity index (χ0n) is 12.4. The molecular formula is C17H23NOS. The molecule has 0 aromatic carbocycles. The summed E-state index contributed by atoms with van der Waals surface area (Å²) in [7, 11) is 0. The zero-order valence-corrected chi connectivity index (χ0v) is 13.2. The summed E-state index contributed by atoms with van der Waals surface area (Å²) in [6.45, 7) is 6.25. The number of aromatic nitrogens is 1. The Morgan fingerprint density at radius 1 is 1.15 bits per heavy atom. The SMILES string of the molecule is CCCc1ccsc1.Cc1cc[nH]c1.Cc1ccoc1. The summed E-state index contributed by atoms with van der Waals surface area (Å²) in [5.74, 6) is 0. The number of rotatable bonds is 2. The maximum Gasteiger partial charge on any atom is 0.0931 e. The van der Waals surface area contributed by atoms with Gasteiger partial charge in [0.1, 0.15) is 0 Å². The summed E-state index contributed by atoms with van der Waals surface area (Å²) in [6.07, 6.45) is 9.74. The fraction of sp³-hybridized carbons (Fsp3) is 0.294. The number of furan rings is 1. The zero-order chi connectivity index (χ0) is 14.6. The molecule has 0 aliphatic carbocycles. The monoisotopic (exact) mass is 289 g/mol. The average Bonchev–Trinajstić information content (AvgIpc) is 3.15. The van der Waals surface area contributed by atoms with Gasteiger partial charge in [-0.2, -0.15) is 11.3 Å². The Morgan fingerprint density at radius 3 is 2.30 bits per heavy atom. The van der Waals surface area contributed by atoms with E-state index in [9.17, 15) is 0 Å². The molecule has 0 fully saturated rings. The first kappa shape index (κ1) is 16.3. The van der Waals surface area contributed by atoms with Gasteiger partial charge in [-0.15, -0.1) is 0 Å². The van der Waals surface area contributed by atoms with Crippen molar-refractivity contribution in [2.45, 2.75) is 33.6 Å². The Hall–Kier alpha value is -1.74. The molecule has 0 radical (unpaired) electrons. The standard InChI is InChI=1S/C7H10S.C5H7N.C5H6O/c1-2-3-7-4-5-8-6-7;2*1-5-2-3-6-4-5/h4-6H,2-3H2,1H3;2-4,6H,1H3;2-4H,1H3. The van der Waals surface area contributed by atoms with Crippen LogP contribution in [0.3, 0.4) is 0 Å². The summed E-state index contributed by atoms with van der Waals surface area (Å²) in [4.78, 5) is 2.93. The van der Waals surface area contributed by atoms with Gasteiger partial charge in [-0.05, 0) is 65.9 Å². The van der Waals surface area contributed by atoms with Crippen molar-refractivity contribution in [2.75, 3.05) is 0 Å². The second-order valence-corrected chi connectivity index (χ2v) is 5.35. The lowest BCUT2D eigenvalue weighted by Crippen LogP contribution is -1.73. The van der Waals surface area contributed by atoms with E-state index in [0.717, 1.165) is 0 Å². The molecule has 0 amide bonds. The topological polar surface area (TPSA) is 28.9 Å². The minimum Gasteiger partial charge on any atom is -0.472 e. The van der Waals surface area contributed by atoms with E-state index in [1.54, 1.807) is 23.9 Å². The van der Waals surface area contributed by atoms with Crippen molar-refractivity contribution in [3.63, 3.8) is 0 Å². The van der Waals surface area contributed by atoms with Crippen molar-refractivity contribution in [1.29, 1.82) is 0 Å². The largest absolute Gasteiger partial charge is 0.472 e. The molecule has 0 saturated carbocycles. The van der Waals surface area contributed by atoms with E-state index in [0.29, 0.717) is 0 Å². The highest BCUT2D eigenvalue weighted by Gasteiger charge is 1.86. The van der Waals surface area contributed by atoms with Crippen molar-refractivity contribution in [3.8, 4) is 0 Å². The highest BCUT2D eigenvalue weighted by atomic mass is 32.1. The Balaban J connectivity index is 0.000000152. The molecule has 3 aromatic rings. The molecule has 2 nitrogen and oxygen atoms in total. The van der Waals surface area contributed by atoms with E-state index in [-0.39, 0.29) is 0 Å². The van der Waals surface area contributed by atoms with Crippen LogP contribution in [-0.4, -0.2) is 4.98 Å². The Bertz CT molecular complexity index is 477. The summed E-state index contributed by atoms with van der Waals surface area (Å²) in [5.41, 5.74) is 3.95. The molecule has 0 bridgehead atoms. The lowest BCUT2D eigenvalue weighted by Gasteiger charge is -1.86. The van der Waals surface area contributed by atoms with Gasteiger partial charge in [-0.25, -0.2) is 0 Å². The summed E-state index contributed by atoms with van der Waals surface area (Å²) in [6, 6.07) is 6.13. The third-order valence-corrected chi connectivity index (χ3v) is 3.27. The summed E-state index contributed by atoms with van der Waals surface area (Å²) in [5, 5.41) is 4.34. The average molecular weight is 289 g/mol. The van der Waals surface area contributed by atoms with E-state index in [1.165, 1.54) is 29.5 Å². The predicted molar refractivity (Wildman–Crippen MR) is 87.3 cm³/mol. The third kappa shape index (κ3) is 7.64. The quantitative estimate of drug-likeness (QED) is 0.652. The predicted octanol–water partition coefficient (Wildman–Crippen LogP) is 5.61. The molecule has 0 saturated heterocycles. The smallest absolute Gasteiger partial charge is 0.0931 e. The van der Waals surface area contributed by atoms with Crippen LogP contribution < -0.4 is 0 Å². The number of hydrogen-bond acceptors (Lipinski definition) is 2. The fourth-order valence-corrected chi connectivity index (χ4v) is 2.17. The molecule has 3 rings (SSSR count).